The lowest BCUT2D eigenvalue weighted by Gasteiger charge is -2.40. The molecule has 1 fully saturated rings. The minimum atomic E-state index is -1.55. The molecule has 0 aromatic heterocycles. The molecule has 12 heteroatoms. The van der Waals surface area contributed by atoms with Crippen molar-refractivity contribution >= 4 is 29.5 Å². The highest BCUT2D eigenvalue weighted by atomic mass is 16.5. The maximum Gasteiger partial charge on any atom is 0.405 e. The fourth-order valence-corrected chi connectivity index (χ4v) is 5.11. The monoisotopic (exact) mass is 560 g/mol. The number of ether oxygens (including phenoxy) is 1. The fourth-order valence-electron chi connectivity index (χ4n) is 5.11. The molecule has 0 aliphatic carbocycles. The third kappa shape index (κ3) is 6.30. The number of carbonyl (C=O) groups is 4. The van der Waals surface area contributed by atoms with E-state index in [1.54, 1.807) is 25.2 Å². The second-order valence-electron chi connectivity index (χ2n) is 10.7. The number of amides is 4. The van der Waals surface area contributed by atoms with Gasteiger partial charge in [0.1, 0.15) is 29.4 Å². The summed E-state index contributed by atoms with van der Waals surface area (Å²) >= 11 is 0. The molecule has 2 atom stereocenters. The Morgan fingerprint density at radius 2 is 1.93 bits per heavy atom. The summed E-state index contributed by atoms with van der Waals surface area (Å²) in [4.78, 5) is 53.3. The Bertz CT molecular complexity index is 1420. The van der Waals surface area contributed by atoms with Crippen molar-refractivity contribution < 1.29 is 29.0 Å². The van der Waals surface area contributed by atoms with Crippen LogP contribution in [-0.4, -0.2) is 82.9 Å². The maximum atomic E-state index is 14.0. The predicted molar refractivity (Wildman–Crippen MR) is 148 cm³/mol. The number of hydrazone groups is 1. The average Bonchev–Trinajstić information content (AvgIpc) is 3.19. The molecule has 0 spiro atoms. The first-order valence-electron chi connectivity index (χ1n) is 13.1. The zero-order valence-corrected chi connectivity index (χ0v) is 23.1. The van der Waals surface area contributed by atoms with Crippen LogP contribution in [0.4, 0.5) is 4.79 Å². The Balaban J connectivity index is 1.60. The number of nitrogens with one attached hydrogen (secondary N) is 2. The Morgan fingerprint density at radius 3 is 2.61 bits per heavy atom. The van der Waals surface area contributed by atoms with Gasteiger partial charge in [0.05, 0.1) is 17.3 Å². The molecule has 2 aromatic rings. The van der Waals surface area contributed by atoms with E-state index in [0.29, 0.717) is 29.9 Å². The quantitative estimate of drug-likeness (QED) is 0.420. The van der Waals surface area contributed by atoms with Crippen LogP contribution >= 0.6 is 0 Å². The number of likely N-dealkylation sites (tertiary alicyclic amines) is 1. The standard InChI is InChI=1S/C29H32N6O6/c1-28(2,32-27(39)40)25(37)31-22(17-41-21-11-7-10-20(14-21)16-30)24(36)35-13-12-23-29(18-35,26(38)34(3)33-23)15-19-8-5-4-6-9-19/h4-11,14,22,32H,12-13,15,17-18H2,1-3H3,(H,31,37)(H,39,40). The molecular weight excluding hydrogens is 528 g/mol. The van der Waals surface area contributed by atoms with Gasteiger partial charge in [-0.1, -0.05) is 36.4 Å². The molecule has 2 aliphatic rings. The largest absolute Gasteiger partial charge is 0.491 e. The number of carbonyl (C=O) groups excluding carboxylic acids is 3. The van der Waals surface area contributed by atoms with Crippen molar-refractivity contribution in [2.45, 2.75) is 38.3 Å². The van der Waals surface area contributed by atoms with Crippen LogP contribution in [0.25, 0.3) is 0 Å². The van der Waals surface area contributed by atoms with Gasteiger partial charge in [0.15, 0.2) is 0 Å². The van der Waals surface area contributed by atoms with Crippen LogP contribution in [0.3, 0.4) is 0 Å². The third-order valence-electron chi connectivity index (χ3n) is 7.24. The summed E-state index contributed by atoms with van der Waals surface area (Å²) in [5.41, 5.74) is -0.619. The zero-order chi connectivity index (χ0) is 29.8. The van der Waals surface area contributed by atoms with Gasteiger partial charge in [0.25, 0.3) is 5.91 Å². The van der Waals surface area contributed by atoms with Gasteiger partial charge < -0.3 is 25.4 Å². The normalized spacial score (nSPS) is 19.0. The van der Waals surface area contributed by atoms with Crippen molar-refractivity contribution in [3.8, 4) is 11.8 Å². The van der Waals surface area contributed by atoms with Gasteiger partial charge in [0, 0.05) is 26.6 Å². The molecule has 41 heavy (non-hydrogen) atoms. The van der Waals surface area contributed by atoms with E-state index in [1.165, 1.54) is 29.8 Å². The Hall–Kier alpha value is -4.92. The minimum Gasteiger partial charge on any atom is -0.491 e. The highest BCUT2D eigenvalue weighted by molar-refractivity contribution is 6.13. The number of hydrogen-bond acceptors (Lipinski definition) is 7. The molecule has 0 bridgehead atoms. The highest BCUT2D eigenvalue weighted by Gasteiger charge is 2.54. The van der Waals surface area contributed by atoms with E-state index < -0.39 is 34.9 Å². The first-order chi connectivity index (χ1) is 19.4. The van der Waals surface area contributed by atoms with Gasteiger partial charge in [-0.25, -0.2) is 9.80 Å². The van der Waals surface area contributed by atoms with E-state index in [4.69, 9.17) is 9.84 Å². The Kier molecular flexibility index (Phi) is 8.28. The van der Waals surface area contributed by atoms with Gasteiger partial charge in [0.2, 0.25) is 11.8 Å². The van der Waals surface area contributed by atoms with Crippen molar-refractivity contribution in [2.75, 3.05) is 26.7 Å². The summed E-state index contributed by atoms with van der Waals surface area (Å²) < 4.78 is 5.81. The second kappa shape index (κ2) is 11.7. The smallest absolute Gasteiger partial charge is 0.405 e. The topological polar surface area (TPSA) is 164 Å². The van der Waals surface area contributed by atoms with Gasteiger partial charge in [-0.05, 0) is 44.0 Å². The van der Waals surface area contributed by atoms with Crippen molar-refractivity contribution in [1.29, 1.82) is 5.26 Å². The number of rotatable bonds is 9. The molecule has 2 aromatic carbocycles. The van der Waals surface area contributed by atoms with Gasteiger partial charge in [-0.2, -0.15) is 10.4 Å². The summed E-state index contributed by atoms with van der Waals surface area (Å²) in [6.45, 7) is 2.78. The van der Waals surface area contributed by atoms with Gasteiger partial charge >= 0.3 is 6.09 Å². The van der Waals surface area contributed by atoms with E-state index in [0.717, 1.165) is 5.56 Å². The van der Waals surface area contributed by atoms with E-state index in [9.17, 15) is 24.4 Å². The number of nitrogens with zero attached hydrogens (tertiary/aromatic N) is 4. The van der Waals surface area contributed by atoms with Crippen LogP contribution in [0.2, 0.25) is 0 Å². The molecular formula is C29H32N6O6. The molecule has 0 saturated carbocycles. The molecule has 4 amide bonds. The summed E-state index contributed by atoms with van der Waals surface area (Å²) in [5.74, 6) is -1.12. The SMILES string of the molecule is CN1N=C2CCN(C(=O)C(COc3cccc(C#N)c3)NC(=O)C(C)(C)NC(=O)O)CC2(Cc2ccccc2)C1=O. The first-order valence-corrected chi connectivity index (χ1v) is 13.1. The molecule has 0 radical (unpaired) electrons. The van der Waals surface area contributed by atoms with E-state index in [1.807, 2.05) is 36.4 Å². The van der Waals surface area contributed by atoms with Crippen molar-refractivity contribution in [2.24, 2.45) is 10.5 Å². The summed E-state index contributed by atoms with van der Waals surface area (Å²) in [6, 6.07) is 16.6. The zero-order valence-electron chi connectivity index (χ0n) is 23.1. The van der Waals surface area contributed by atoms with E-state index >= 15 is 0 Å². The molecule has 2 heterocycles. The lowest BCUT2D eigenvalue weighted by Crippen LogP contribution is -2.62. The second-order valence-corrected chi connectivity index (χ2v) is 10.7. The molecule has 1 saturated heterocycles. The first kappa shape index (κ1) is 29.1. The van der Waals surface area contributed by atoms with Gasteiger partial charge in [-0.15, -0.1) is 0 Å². The molecule has 12 nitrogen and oxygen atoms in total. The lowest BCUT2D eigenvalue weighted by molar-refractivity contribution is -0.143. The van der Waals surface area contributed by atoms with Crippen LogP contribution < -0.4 is 15.4 Å². The van der Waals surface area contributed by atoms with E-state index in [2.05, 4.69) is 15.7 Å². The minimum absolute atomic E-state index is 0.0514. The van der Waals surface area contributed by atoms with Gasteiger partial charge in [-0.3, -0.25) is 14.4 Å². The number of benzene rings is 2. The van der Waals surface area contributed by atoms with Crippen LogP contribution in [-0.2, 0) is 20.8 Å². The molecule has 3 N–H and O–H groups in total. The van der Waals surface area contributed by atoms with Crippen molar-refractivity contribution in [1.82, 2.24) is 20.5 Å². The van der Waals surface area contributed by atoms with Crippen LogP contribution in [0.5, 0.6) is 5.75 Å². The number of nitriles is 1. The average molecular weight is 561 g/mol. The fraction of sp³-hybridized carbons (Fsp3) is 0.379. The number of hydrogen-bond donors (Lipinski definition) is 3. The number of carboxylic acid groups (broad SMARTS) is 1. The van der Waals surface area contributed by atoms with E-state index in [-0.39, 0.29) is 25.6 Å². The molecule has 2 aliphatic heterocycles. The number of fused-ring (bicyclic) bond motifs is 1. The molecule has 4 rings (SSSR count). The molecule has 214 valence electrons. The Morgan fingerprint density at radius 1 is 1.20 bits per heavy atom. The lowest BCUT2D eigenvalue weighted by atomic mass is 9.73. The summed E-state index contributed by atoms with van der Waals surface area (Å²) in [5, 5.41) is 28.9. The highest BCUT2D eigenvalue weighted by Crippen LogP contribution is 2.38. The predicted octanol–water partition coefficient (Wildman–Crippen LogP) is 1.76. The van der Waals surface area contributed by atoms with Crippen molar-refractivity contribution in [3.05, 3.63) is 65.7 Å². The van der Waals surface area contributed by atoms with Crippen molar-refractivity contribution in [3.63, 3.8) is 0 Å². The van der Waals surface area contributed by atoms with Crippen LogP contribution in [0.1, 0.15) is 31.4 Å². The summed E-state index contributed by atoms with van der Waals surface area (Å²) in [6.07, 6.45) is -0.678. The maximum absolute atomic E-state index is 14.0. The Labute approximate surface area is 237 Å². The summed E-state index contributed by atoms with van der Waals surface area (Å²) in [7, 11) is 1.59. The van der Waals surface area contributed by atoms with Crippen LogP contribution in [0, 0.1) is 16.7 Å². The number of piperidine rings is 1. The third-order valence-corrected chi connectivity index (χ3v) is 7.24. The van der Waals surface area contributed by atoms with Crippen LogP contribution in [0.15, 0.2) is 59.7 Å². The molecule has 2 unspecified atom stereocenters.